The maximum atomic E-state index is 15.3. The number of halogens is 9. The molecule has 1 unspecified atom stereocenters. The van der Waals surface area contributed by atoms with E-state index in [0.717, 1.165) is 30.3 Å². The number of carbonyl (C=O) groups is 1. The van der Waals surface area contributed by atoms with Crippen molar-refractivity contribution in [2.45, 2.75) is 24.9 Å². The number of carbonyl (C=O) groups excluding carboxylic acids is 1. The van der Waals surface area contributed by atoms with Crippen LogP contribution >= 0.6 is 0 Å². The minimum Gasteiger partial charge on any atom is -0.490 e. The number of benzene rings is 3. The van der Waals surface area contributed by atoms with Crippen molar-refractivity contribution < 1.29 is 53.8 Å². The monoisotopic (exact) mass is 550 g/mol. The SMILES string of the molecule is Nc1cc(NC(=O)c2c(C3CCOc4c3ccc(OC(F)(F)F)c4F)ccc(C(F)(F)F)c2F)ccc1F. The molecule has 0 aliphatic carbocycles. The molecule has 3 aromatic carbocycles. The molecule has 1 amide bonds. The number of nitrogens with two attached hydrogens (primary N) is 1. The molecule has 5 nitrogen and oxygen atoms in total. The van der Waals surface area contributed by atoms with E-state index < -0.39 is 70.1 Å². The van der Waals surface area contributed by atoms with Crippen molar-refractivity contribution in [3.05, 3.63) is 82.2 Å². The van der Waals surface area contributed by atoms with Crippen LogP contribution in [-0.2, 0) is 6.18 Å². The Labute approximate surface area is 207 Å². The predicted molar refractivity (Wildman–Crippen MR) is 115 cm³/mol. The van der Waals surface area contributed by atoms with E-state index >= 15 is 4.39 Å². The van der Waals surface area contributed by atoms with Gasteiger partial charge in [-0.2, -0.15) is 17.6 Å². The number of hydrogen-bond acceptors (Lipinski definition) is 4. The Kier molecular flexibility index (Phi) is 6.84. The third kappa shape index (κ3) is 5.29. The number of fused-ring (bicyclic) bond motifs is 1. The fraction of sp³-hybridized carbons (Fsp3) is 0.208. The second kappa shape index (κ2) is 9.65. The molecule has 0 fully saturated rings. The highest BCUT2D eigenvalue weighted by Crippen LogP contribution is 2.45. The molecule has 14 heteroatoms. The fourth-order valence-corrected chi connectivity index (χ4v) is 4.08. The smallest absolute Gasteiger partial charge is 0.490 e. The van der Waals surface area contributed by atoms with Gasteiger partial charge < -0.3 is 20.5 Å². The summed E-state index contributed by atoms with van der Waals surface area (Å²) in [6.45, 7) is -0.331. The molecule has 202 valence electrons. The van der Waals surface area contributed by atoms with Gasteiger partial charge in [0.25, 0.3) is 5.91 Å². The molecule has 0 spiro atoms. The first kappa shape index (κ1) is 26.9. The summed E-state index contributed by atoms with van der Waals surface area (Å²) in [7, 11) is 0. The molecule has 38 heavy (non-hydrogen) atoms. The molecule has 1 aliphatic rings. The first-order chi connectivity index (χ1) is 17.7. The molecule has 0 saturated carbocycles. The normalized spacial score (nSPS) is 15.4. The van der Waals surface area contributed by atoms with Crippen molar-refractivity contribution in [3.8, 4) is 11.5 Å². The van der Waals surface area contributed by atoms with Gasteiger partial charge in [-0.25, -0.2) is 8.78 Å². The summed E-state index contributed by atoms with van der Waals surface area (Å²) < 4.78 is 130. The first-order valence-corrected chi connectivity index (χ1v) is 10.6. The van der Waals surface area contributed by atoms with Gasteiger partial charge in [-0.05, 0) is 42.3 Å². The number of alkyl halides is 6. The third-order valence-electron chi connectivity index (χ3n) is 5.68. The van der Waals surface area contributed by atoms with Gasteiger partial charge in [-0.3, -0.25) is 4.79 Å². The average Bonchev–Trinajstić information content (AvgIpc) is 2.81. The predicted octanol–water partition coefficient (Wildman–Crippen LogP) is 6.77. The molecule has 0 saturated heterocycles. The summed E-state index contributed by atoms with van der Waals surface area (Å²) in [5.41, 5.74) is 1.57. The van der Waals surface area contributed by atoms with Gasteiger partial charge in [-0.1, -0.05) is 12.1 Å². The van der Waals surface area contributed by atoms with Crippen LogP contribution in [0.1, 0.15) is 39.4 Å². The molecule has 0 aromatic heterocycles. The topological polar surface area (TPSA) is 73.6 Å². The van der Waals surface area contributed by atoms with Gasteiger partial charge in [0.15, 0.2) is 11.5 Å². The first-order valence-electron chi connectivity index (χ1n) is 10.6. The molecular weight excluding hydrogens is 535 g/mol. The van der Waals surface area contributed by atoms with Crippen molar-refractivity contribution >= 4 is 17.3 Å². The average molecular weight is 550 g/mol. The van der Waals surface area contributed by atoms with Crippen molar-refractivity contribution in [2.24, 2.45) is 0 Å². The van der Waals surface area contributed by atoms with Crippen LogP contribution in [0.15, 0.2) is 42.5 Å². The number of nitrogen functional groups attached to an aromatic ring is 1. The standard InChI is InChI=1S/C24H15F9N2O3/c25-15-5-1-10(9-16(15)34)35-22(36)18-12(2-4-14(19(18)26)23(28,29)30)11-7-8-37-21-13(11)3-6-17(20(21)27)38-24(31,32)33/h1-6,9,11H,7-8,34H2,(H,35,36). The van der Waals surface area contributed by atoms with Gasteiger partial charge in [-0.15, -0.1) is 13.2 Å². The Hall–Kier alpha value is -4.10. The molecule has 3 aromatic rings. The van der Waals surface area contributed by atoms with E-state index in [4.69, 9.17) is 10.5 Å². The van der Waals surface area contributed by atoms with E-state index in [2.05, 4.69) is 10.1 Å². The summed E-state index contributed by atoms with van der Waals surface area (Å²) in [4.78, 5) is 13.1. The summed E-state index contributed by atoms with van der Waals surface area (Å²) in [6.07, 6.45) is -10.5. The lowest BCUT2D eigenvalue weighted by Crippen LogP contribution is -2.24. The minimum absolute atomic E-state index is 0.0967. The molecule has 1 atom stereocenters. The second-order valence-corrected chi connectivity index (χ2v) is 8.11. The summed E-state index contributed by atoms with van der Waals surface area (Å²) >= 11 is 0. The fourth-order valence-electron chi connectivity index (χ4n) is 4.08. The Morgan fingerprint density at radius 2 is 1.63 bits per heavy atom. The molecule has 4 rings (SSSR count). The zero-order chi connectivity index (χ0) is 28.0. The number of nitrogens with one attached hydrogen (secondary N) is 1. The van der Waals surface area contributed by atoms with Crippen LogP contribution in [0.5, 0.6) is 11.5 Å². The van der Waals surface area contributed by atoms with E-state index in [1.807, 2.05) is 0 Å². The van der Waals surface area contributed by atoms with Crippen LogP contribution in [0.2, 0.25) is 0 Å². The highest BCUT2D eigenvalue weighted by Gasteiger charge is 2.40. The van der Waals surface area contributed by atoms with Gasteiger partial charge >= 0.3 is 12.5 Å². The van der Waals surface area contributed by atoms with Gasteiger partial charge in [0.05, 0.1) is 23.4 Å². The lowest BCUT2D eigenvalue weighted by atomic mass is 9.83. The van der Waals surface area contributed by atoms with Crippen molar-refractivity contribution in [3.63, 3.8) is 0 Å². The number of hydrogen-bond donors (Lipinski definition) is 2. The van der Waals surface area contributed by atoms with E-state index in [1.165, 1.54) is 0 Å². The maximum Gasteiger partial charge on any atom is 0.573 e. The minimum atomic E-state index is -5.23. The maximum absolute atomic E-state index is 15.3. The Balaban J connectivity index is 1.83. The molecule has 1 aliphatic heterocycles. The van der Waals surface area contributed by atoms with E-state index in [1.54, 1.807) is 0 Å². The molecule has 0 radical (unpaired) electrons. The zero-order valence-electron chi connectivity index (χ0n) is 18.7. The Bertz CT molecular complexity index is 1400. The second-order valence-electron chi connectivity index (χ2n) is 8.11. The van der Waals surface area contributed by atoms with Crippen molar-refractivity contribution in [1.29, 1.82) is 0 Å². The highest BCUT2D eigenvalue weighted by atomic mass is 19.4. The van der Waals surface area contributed by atoms with Gasteiger partial charge in [0, 0.05) is 17.2 Å². The van der Waals surface area contributed by atoms with E-state index in [-0.39, 0.29) is 29.8 Å². The van der Waals surface area contributed by atoms with Crippen LogP contribution in [0, 0.1) is 17.5 Å². The number of rotatable bonds is 4. The van der Waals surface area contributed by atoms with Crippen LogP contribution in [0.3, 0.4) is 0 Å². The number of anilines is 2. The molecule has 3 N–H and O–H groups in total. The van der Waals surface area contributed by atoms with E-state index in [9.17, 15) is 39.9 Å². The van der Waals surface area contributed by atoms with Gasteiger partial charge in [0.2, 0.25) is 5.82 Å². The molecule has 0 bridgehead atoms. The third-order valence-corrected chi connectivity index (χ3v) is 5.68. The Morgan fingerprint density at radius 1 is 0.947 bits per heavy atom. The van der Waals surface area contributed by atoms with E-state index in [0.29, 0.717) is 12.1 Å². The zero-order valence-corrected chi connectivity index (χ0v) is 18.7. The number of amides is 1. The van der Waals surface area contributed by atoms with Crippen LogP contribution in [-0.4, -0.2) is 18.9 Å². The summed E-state index contributed by atoms with van der Waals surface area (Å²) in [5.74, 6) is -8.76. The highest BCUT2D eigenvalue weighted by molar-refractivity contribution is 6.06. The largest absolute Gasteiger partial charge is 0.573 e. The van der Waals surface area contributed by atoms with Crippen LogP contribution in [0.4, 0.5) is 50.9 Å². The lowest BCUT2D eigenvalue weighted by Gasteiger charge is -2.29. The van der Waals surface area contributed by atoms with Crippen molar-refractivity contribution in [2.75, 3.05) is 17.7 Å². The number of ether oxygens (including phenoxy) is 2. The lowest BCUT2D eigenvalue weighted by molar-refractivity contribution is -0.275. The quantitative estimate of drug-likeness (QED) is 0.278. The summed E-state index contributed by atoms with van der Waals surface area (Å²) in [6, 6.07) is 5.68. The van der Waals surface area contributed by atoms with Crippen molar-refractivity contribution in [1.82, 2.24) is 0 Å². The Morgan fingerprint density at radius 3 is 2.26 bits per heavy atom. The van der Waals surface area contributed by atoms with Crippen LogP contribution < -0.4 is 20.5 Å². The summed E-state index contributed by atoms with van der Waals surface area (Å²) in [5, 5.41) is 2.15. The molecular formula is C24H15F9N2O3. The molecule has 1 heterocycles. The van der Waals surface area contributed by atoms with Crippen LogP contribution in [0.25, 0.3) is 0 Å². The van der Waals surface area contributed by atoms with Gasteiger partial charge in [0.1, 0.15) is 11.6 Å².